The van der Waals surface area contributed by atoms with Crippen molar-refractivity contribution in [2.75, 3.05) is 6.54 Å². The highest BCUT2D eigenvalue weighted by atomic mass is 32.1. The number of carbonyl (C=O) groups is 1. The Morgan fingerprint density at radius 2 is 2.42 bits per heavy atom. The summed E-state index contributed by atoms with van der Waals surface area (Å²) in [7, 11) is 0. The van der Waals surface area contributed by atoms with Gasteiger partial charge in [0.1, 0.15) is 0 Å². The minimum Gasteiger partial charge on any atom is -0.352 e. The van der Waals surface area contributed by atoms with E-state index >= 15 is 0 Å². The van der Waals surface area contributed by atoms with E-state index < -0.39 is 0 Å². The zero-order valence-electron chi connectivity index (χ0n) is 11.2. The molecule has 3 rings (SSSR count). The number of rotatable bonds is 4. The first kappa shape index (κ1) is 12.6. The van der Waals surface area contributed by atoms with Gasteiger partial charge in [-0.25, -0.2) is 4.98 Å². The number of imidazole rings is 1. The molecule has 102 valence electrons. The summed E-state index contributed by atoms with van der Waals surface area (Å²) in [5, 5.41) is 6.39. The molecular formula is C13H18N4OS. The molecule has 6 heteroatoms. The Kier molecular flexibility index (Phi) is 3.28. The van der Waals surface area contributed by atoms with Crippen LogP contribution in [0.15, 0.2) is 6.20 Å². The Labute approximate surface area is 116 Å². The van der Waals surface area contributed by atoms with Crippen molar-refractivity contribution < 1.29 is 4.79 Å². The van der Waals surface area contributed by atoms with Crippen LogP contribution >= 0.6 is 11.3 Å². The lowest BCUT2D eigenvalue weighted by Crippen LogP contribution is -2.35. The molecule has 2 N–H and O–H groups in total. The summed E-state index contributed by atoms with van der Waals surface area (Å²) in [5.41, 5.74) is 2.29. The van der Waals surface area contributed by atoms with Gasteiger partial charge in [0.15, 0.2) is 4.96 Å². The van der Waals surface area contributed by atoms with Crippen LogP contribution in [-0.2, 0) is 11.3 Å². The predicted octanol–water partition coefficient (Wildman–Crippen LogP) is 1.38. The van der Waals surface area contributed by atoms with E-state index in [0.717, 1.165) is 30.2 Å². The maximum absolute atomic E-state index is 11.1. The van der Waals surface area contributed by atoms with Crippen molar-refractivity contribution in [1.82, 2.24) is 20.0 Å². The van der Waals surface area contributed by atoms with E-state index in [1.165, 1.54) is 10.6 Å². The van der Waals surface area contributed by atoms with Gasteiger partial charge in [0, 0.05) is 36.6 Å². The monoisotopic (exact) mass is 278 g/mol. The molecule has 1 saturated heterocycles. The van der Waals surface area contributed by atoms with Crippen molar-refractivity contribution >= 4 is 22.2 Å². The fourth-order valence-corrected chi connectivity index (χ4v) is 3.41. The molecule has 5 nitrogen and oxygen atoms in total. The molecule has 1 fully saturated rings. The van der Waals surface area contributed by atoms with E-state index in [4.69, 9.17) is 0 Å². The third-order valence-corrected chi connectivity index (χ3v) is 4.41. The summed E-state index contributed by atoms with van der Waals surface area (Å²) in [4.78, 5) is 18.0. The third kappa shape index (κ3) is 2.50. The topological polar surface area (TPSA) is 58.4 Å². The zero-order chi connectivity index (χ0) is 13.4. The van der Waals surface area contributed by atoms with Gasteiger partial charge in [-0.3, -0.25) is 9.20 Å². The summed E-state index contributed by atoms with van der Waals surface area (Å²) in [5.74, 6) is 0.170. The maximum atomic E-state index is 11.1. The van der Waals surface area contributed by atoms with Crippen LogP contribution in [0, 0.1) is 13.8 Å². The number of fused-ring (bicyclic) bond motifs is 1. The quantitative estimate of drug-likeness (QED) is 0.888. The zero-order valence-corrected chi connectivity index (χ0v) is 12.0. The van der Waals surface area contributed by atoms with Crippen LogP contribution < -0.4 is 10.6 Å². The highest BCUT2D eigenvalue weighted by molar-refractivity contribution is 7.17. The van der Waals surface area contributed by atoms with Crippen LogP contribution in [0.3, 0.4) is 0 Å². The highest BCUT2D eigenvalue weighted by Crippen LogP contribution is 2.20. The molecule has 2 aromatic heterocycles. The van der Waals surface area contributed by atoms with Crippen LogP contribution in [0.2, 0.25) is 0 Å². The van der Waals surface area contributed by atoms with Gasteiger partial charge < -0.3 is 10.6 Å². The van der Waals surface area contributed by atoms with Crippen molar-refractivity contribution in [3.05, 3.63) is 22.5 Å². The second kappa shape index (κ2) is 4.94. The van der Waals surface area contributed by atoms with Crippen molar-refractivity contribution in [1.29, 1.82) is 0 Å². The molecule has 0 aliphatic carbocycles. The molecule has 1 unspecified atom stereocenters. The lowest BCUT2D eigenvalue weighted by Gasteiger charge is -2.11. The number of nitrogens with zero attached hydrogens (tertiary/aromatic N) is 2. The summed E-state index contributed by atoms with van der Waals surface area (Å²) in [6.45, 7) is 5.75. The van der Waals surface area contributed by atoms with Crippen molar-refractivity contribution in [3.63, 3.8) is 0 Å². The van der Waals surface area contributed by atoms with Crippen molar-refractivity contribution in [2.45, 2.75) is 39.3 Å². The second-order valence-corrected chi connectivity index (χ2v) is 6.29. The van der Waals surface area contributed by atoms with Crippen LogP contribution in [0.25, 0.3) is 4.96 Å². The SMILES string of the molecule is Cc1cn2c(CNCC3CCC(=O)N3)c(C)nc2s1. The lowest BCUT2D eigenvalue weighted by molar-refractivity contribution is -0.119. The number of hydrogen-bond acceptors (Lipinski definition) is 4. The molecule has 1 aliphatic heterocycles. The number of aryl methyl sites for hydroxylation is 2. The number of amides is 1. The van der Waals surface area contributed by atoms with E-state index in [9.17, 15) is 4.79 Å². The summed E-state index contributed by atoms with van der Waals surface area (Å²) < 4.78 is 2.16. The number of hydrogen-bond donors (Lipinski definition) is 2. The molecule has 2 aromatic rings. The average molecular weight is 278 g/mol. The van der Waals surface area contributed by atoms with Gasteiger partial charge in [0.2, 0.25) is 5.91 Å². The first-order chi connectivity index (χ1) is 9.13. The molecule has 0 bridgehead atoms. The van der Waals surface area contributed by atoms with Gasteiger partial charge >= 0.3 is 0 Å². The van der Waals surface area contributed by atoms with Gasteiger partial charge in [-0.1, -0.05) is 0 Å². The van der Waals surface area contributed by atoms with Gasteiger partial charge in [0.05, 0.1) is 11.4 Å². The van der Waals surface area contributed by atoms with Gasteiger partial charge in [0.25, 0.3) is 0 Å². The normalized spacial score (nSPS) is 19.3. The molecular weight excluding hydrogens is 260 g/mol. The molecule has 0 spiro atoms. The Bertz CT molecular complexity index is 615. The minimum atomic E-state index is 0.170. The van der Waals surface area contributed by atoms with E-state index in [1.807, 2.05) is 6.92 Å². The van der Waals surface area contributed by atoms with Gasteiger partial charge in [-0.2, -0.15) is 0 Å². The number of carbonyl (C=O) groups excluding carboxylic acids is 1. The Hall–Kier alpha value is -1.40. The van der Waals surface area contributed by atoms with Crippen molar-refractivity contribution in [2.24, 2.45) is 0 Å². The summed E-state index contributed by atoms with van der Waals surface area (Å²) >= 11 is 1.71. The second-order valence-electron chi connectivity index (χ2n) is 5.07. The molecule has 3 heterocycles. The number of thiazole rings is 1. The Balaban J connectivity index is 1.64. The summed E-state index contributed by atoms with van der Waals surface area (Å²) in [6.07, 6.45) is 3.73. The first-order valence-electron chi connectivity index (χ1n) is 6.57. The van der Waals surface area contributed by atoms with Gasteiger partial charge in [-0.15, -0.1) is 11.3 Å². The maximum Gasteiger partial charge on any atom is 0.220 e. The lowest BCUT2D eigenvalue weighted by atomic mass is 10.2. The predicted molar refractivity (Wildman–Crippen MR) is 75.4 cm³/mol. The van der Waals surface area contributed by atoms with E-state index in [2.05, 4.69) is 33.1 Å². The van der Waals surface area contributed by atoms with Crippen LogP contribution in [0.4, 0.5) is 0 Å². The van der Waals surface area contributed by atoms with E-state index in [1.54, 1.807) is 11.3 Å². The fourth-order valence-electron chi connectivity index (χ4n) is 2.52. The smallest absolute Gasteiger partial charge is 0.220 e. The average Bonchev–Trinajstić information content (AvgIpc) is 2.97. The largest absolute Gasteiger partial charge is 0.352 e. The molecule has 0 radical (unpaired) electrons. The third-order valence-electron chi connectivity index (χ3n) is 3.51. The van der Waals surface area contributed by atoms with E-state index in [0.29, 0.717) is 6.42 Å². The van der Waals surface area contributed by atoms with E-state index in [-0.39, 0.29) is 11.9 Å². The Morgan fingerprint density at radius 1 is 1.58 bits per heavy atom. The molecule has 1 amide bonds. The molecule has 1 atom stereocenters. The number of aromatic nitrogens is 2. The fraction of sp³-hybridized carbons (Fsp3) is 0.538. The first-order valence-corrected chi connectivity index (χ1v) is 7.39. The molecule has 19 heavy (non-hydrogen) atoms. The van der Waals surface area contributed by atoms with Crippen LogP contribution in [0.5, 0.6) is 0 Å². The Morgan fingerprint density at radius 3 is 3.16 bits per heavy atom. The molecule has 0 saturated carbocycles. The highest BCUT2D eigenvalue weighted by Gasteiger charge is 2.20. The molecule has 0 aromatic carbocycles. The molecule has 1 aliphatic rings. The van der Waals surface area contributed by atoms with Crippen LogP contribution in [0.1, 0.15) is 29.1 Å². The minimum absolute atomic E-state index is 0.170. The summed E-state index contributed by atoms with van der Waals surface area (Å²) in [6, 6.07) is 0.278. The standard InChI is InChI=1S/C13H18N4OS/c1-8-7-17-11(9(2)15-13(17)19-8)6-14-5-10-3-4-12(18)16-10/h7,10,14H,3-6H2,1-2H3,(H,16,18). The van der Waals surface area contributed by atoms with Gasteiger partial charge in [-0.05, 0) is 20.3 Å². The van der Waals surface area contributed by atoms with Crippen molar-refractivity contribution in [3.8, 4) is 0 Å². The number of nitrogens with one attached hydrogen (secondary N) is 2. The van der Waals surface area contributed by atoms with Crippen LogP contribution in [-0.4, -0.2) is 27.9 Å².